The summed E-state index contributed by atoms with van der Waals surface area (Å²) in [5.74, 6) is 0. The molecular formula is C15H34NO3S+. The molecule has 1 saturated heterocycles. The first-order valence-corrected chi connectivity index (χ1v) is 9.88. The summed E-state index contributed by atoms with van der Waals surface area (Å²) in [6, 6.07) is 0. The number of nitrogens with zero attached hydrogens (tertiary/aromatic N) is 1. The average molecular weight is 309 g/mol. The summed E-state index contributed by atoms with van der Waals surface area (Å²) in [7, 11) is -1.20. The molecule has 0 aromatic heterocycles. The first-order valence-electron chi connectivity index (χ1n) is 8.03. The molecule has 1 heterocycles. The van der Waals surface area contributed by atoms with Crippen molar-refractivity contribution in [1.29, 1.82) is 0 Å². The molecule has 0 amide bonds. The Labute approximate surface area is 125 Å². The van der Waals surface area contributed by atoms with Crippen LogP contribution in [0.4, 0.5) is 0 Å². The largest absolute Gasteiger partial charge is 0.326 e. The normalized spacial score (nSPS) is 18.2. The van der Waals surface area contributed by atoms with Gasteiger partial charge in [-0.25, -0.2) is 0 Å². The van der Waals surface area contributed by atoms with Crippen molar-refractivity contribution >= 4 is 10.1 Å². The monoisotopic (exact) mass is 308 g/mol. The van der Waals surface area contributed by atoms with Crippen molar-refractivity contribution in [1.82, 2.24) is 0 Å². The lowest BCUT2D eigenvalue weighted by atomic mass is 10.1. The number of rotatable bonds is 7. The van der Waals surface area contributed by atoms with Gasteiger partial charge in [0.2, 0.25) is 0 Å². The van der Waals surface area contributed by atoms with Gasteiger partial charge in [0.1, 0.15) is 0 Å². The van der Waals surface area contributed by atoms with Crippen molar-refractivity contribution in [3.63, 3.8) is 0 Å². The Morgan fingerprint density at radius 3 is 1.90 bits per heavy atom. The zero-order chi connectivity index (χ0) is 15.5. The van der Waals surface area contributed by atoms with Gasteiger partial charge in [-0.15, -0.1) is 0 Å². The average Bonchev–Trinajstić information content (AvgIpc) is 2.32. The number of hydrogen-bond acceptors (Lipinski definition) is 2. The van der Waals surface area contributed by atoms with E-state index < -0.39 is 10.1 Å². The Bertz CT molecular complexity index is 314. The Balaban J connectivity index is 0.000000621. The Morgan fingerprint density at radius 1 is 0.950 bits per heavy atom. The Kier molecular flexibility index (Phi) is 10.5. The molecule has 0 radical (unpaired) electrons. The first-order chi connectivity index (χ1) is 9.27. The van der Waals surface area contributed by atoms with E-state index in [1.54, 1.807) is 0 Å². The van der Waals surface area contributed by atoms with Crippen LogP contribution in [0.3, 0.4) is 0 Å². The van der Waals surface area contributed by atoms with Crippen molar-refractivity contribution in [2.75, 3.05) is 32.9 Å². The second-order valence-electron chi connectivity index (χ2n) is 6.35. The van der Waals surface area contributed by atoms with Gasteiger partial charge in [-0.3, -0.25) is 4.55 Å². The highest BCUT2D eigenvalue weighted by atomic mass is 32.2. The fourth-order valence-electron chi connectivity index (χ4n) is 2.77. The Hall–Kier alpha value is -0.130. The third-order valence-corrected chi connectivity index (χ3v) is 3.95. The van der Waals surface area contributed by atoms with E-state index in [1.807, 2.05) is 0 Å². The molecule has 1 aliphatic rings. The molecule has 20 heavy (non-hydrogen) atoms. The van der Waals surface area contributed by atoms with E-state index in [9.17, 15) is 8.42 Å². The van der Waals surface area contributed by atoms with Gasteiger partial charge in [-0.05, 0) is 32.1 Å². The maximum absolute atomic E-state index is 9.19. The second kappa shape index (κ2) is 10.6. The van der Waals surface area contributed by atoms with Gasteiger partial charge in [0.05, 0.1) is 32.9 Å². The quantitative estimate of drug-likeness (QED) is 0.445. The van der Waals surface area contributed by atoms with E-state index in [4.69, 9.17) is 4.55 Å². The van der Waals surface area contributed by atoms with Gasteiger partial charge in [-0.1, -0.05) is 32.6 Å². The predicted octanol–water partition coefficient (Wildman–Crippen LogP) is 3.48. The molecule has 0 aromatic rings. The highest BCUT2D eigenvalue weighted by Gasteiger charge is 2.23. The summed E-state index contributed by atoms with van der Waals surface area (Å²) in [6.45, 7) is 6.61. The molecule has 0 aliphatic carbocycles. The summed E-state index contributed by atoms with van der Waals surface area (Å²) < 4.78 is 27.2. The first kappa shape index (κ1) is 19.9. The van der Waals surface area contributed by atoms with Gasteiger partial charge < -0.3 is 4.48 Å². The van der Waals surface area contributed by atoms with Crippen LogP contribution in [0, 0.1) is 0 Å². The second-order valence-corrected chi connectivity index (χ2v) is 7.82. The van der Waals surface area contributed by atoms with Crippen LogP contribution in [0.2, 0.25) is 0 Å². The lowest BCUT2D eigenvalue weighted by Crippen LogP contribution is -2.48. The van der Waals surface area contributed by atoms with Crippen molar-refractivity contribution in [3.8, 4) is 0 Å². The zero-order valence-electron chi connectivity index (χ0n) is 13.6. The third-order valence-electron chi connectivity index (χ3n) is 3.95. The van der Waals surface area contributed by atoms with Crippen LogP contribution in [0.5, 0.6) is 0 Å². The number of piperidine rings is 1. The molecule has 122 valence electrons. The number of unbranched alkanes of at least 4 members (excludes halogenated alkanes) is 5. The van der Waals surface area contributed by atoms with Crippen molar-refractivity contribution in [2.24, 2.45) is 0 Å². The number of hydrogen-bond donors (Lipinski definition) is 1. The molecule has 0 aromatic carbocycles. The minimum atomic E-state index is -3.67. The smallest absolute Gasteiger partial charge is 0.261 e. The van der Waals surface area contributed by atoms with E-state index in [2.05, 4.69) is 14.0 Å². The summed E-state index contributed by atoms with van der Waals surface area (Å²) in [5.41, 5.74) is 0. The molecule has 1 fully saturated rings. The molecule has 4 nitrogen and oxygen atoms in total. The van der Waals surface area contributed by atoms with Gasteiger partial charge >= 0.3 is 0 Å². The van der Waals surface area contributed by atoms with E-state index in [0.717, 1.165) is 0 Å². The van der Waals surface area contributed by atoms with Crippen LogP contribution in [-0.2, 0) is 10.1 Å². The molecule has 0 bridgehead atoms. The summed E-state index contributed by atoms with van der Waals surface area (Å²) in [6.07, 6.45) is 13.8. The lowest BCUT2D eigenvalue weighted by Gasteiger charge is -2.37. The standard InChI is InChI=1S/C14H30N.CH4O3S/c1-3-4-5-6-7-9-12-15(2)13-10-8-11-14-15;1-5(2,3)4/h3-14H2,1-2H3;1H3,(H,2,3,4)/q+1;. The topological polar surface area (TPSA) is 54.4 Å². The molecule has 0 unspecified atom stereocenters. The van der Waals surface area contributed by atoms with Gasteiger partial charge in [0.25, 0.3) is 10.1 Å². The highest BCUT2D eigenvalue weighted by molar-refractivity contribution is 7.85. The summed E-state index contributed by atoms with van der Waals surface area (Å²) in [4.78, 5) is 0. The molecule has 1 N–H and O–H groups in total. The van der Waals surface area contributed by atoms with Crippen LogP contribution in [0.25, 0.3) is 0 Å². The van der Waals surface area contributed by atoms with Crippen molar-refractivity contribution in [3.05, 3.63) is 0 Å². The molecule has 0 atom stereocenters. The maximum Gasteiger partial charge on any atom is 0.261 e. The molecule has 0 spiro atoms. The third kappa shape index (κ3) is 14.3. The van der Waals surface area contributed by atoms with Crippen LogP contribution in [-0.4, -0.2) is 50.4 Å². The fraction of sp³-hybridized carbons (Fsp3) is 1.00. The van der Waals surface area contributed by atoms with Crippen LogP contribution in [0.15, 0.2) is 0 Å². The predicted molar refractivity (Wildman–Crippen MR) is 85.5 cm³/mol. The zero-order valence-corrected chi connectivity index (χ0v) is 14.4. The van der Waals surface area contributed by atoms with E-state index in [1.165, 1.54) is 81.9 Å². The molecule has 5 heteroatoms. The number of quaternary nitrogens is 1. The lowest BCUT2D eigenvalue weighted by molar-refractivity contribution is -0.914. The van der Waals surface area contributed by atoms with Gasteiger partial charge in [0, 0.05) is 0 Å². The van der Waals surface area contributed by atoms with Gasteiger partial charge in [-0.2, -0.15) is 8.42 Å². The number of likely N-dealkylation sites (tertiary alicyclic amines) is 1. The van der Waals surface area contributed by atoms with E-state index in [0.29, 0.717) is 6.26 Å². The fourth-order valence-corrected chi connectivity index (χ4v) is 2.77. The van der Waals surface area contributed by atoms with Gasteiger partial charge in [0.15, 0.2) is 0 Å². The molecule has 1 rings (SSSR count). The van der Waals surface area contributed by atoms with Crippen molar-refractivity contribution < 1.29 is 17.5 Å². The summed E-state index contributed by atoms with van der Waals surface area (Å²) in [5, 5.41) is 0. The Morgan fingerprint density at radius 2 is 1.40 bits per heavy atom. The summed E-state index contributed by atoms with van der Waals surface area (Å²) >= 11 is 0. The van der Waals surface area contributed by atoms with Crippen molar-refractivity contribution in [2.45, 2.75) is 64.7 Å². The minimum absolute atomic E-state index is 0.715. The van der Waals surface area contributed by atoms with Crippen LogP contribution in [0.1, 0.15) is 64.7 Å². The molecule has 1 aliphatic heterocycles. The SMILES string of the molecule is CCCCCCCC[N+]1(C)CCCCC1.CS(=O)(=O)O. The molecular weight excluding hydrogens is 274 g/mol. The molecule has 0 saturated carbocycles. The van der Waals surface area contributed by atoms with Crippen LogP contribution >= 0.6 is 0 Å². The van der Waals surface area contributed by atoms with E-state index in [-0.39, 0.29) is 0 Å². The maximum atomic E-state index is 9.19. The highest BCUT2D eigenvalue weighted by Crippen LogP contribution is 2.17. The minimum Gasteiger partial charge on any atom is -0.326 e. The van der Waals surface area contributed by atoms with Crippen LogP contribution < -0.4 is 0 Å². The van der Waals surface area contributed by atoms with E-state index >= 15 is 0 Å².